The van der Waals surface area contributed by atoms with Gasteiger partial charge >= 0.3 is 6.18 Å². The Balaban J connectivity index is 1.20. The second kappa shape index (κ2) is 13.5. The minimum absolute atomic E-state index is 0.0550. The van der Waals surface area contributed by atoms with Crippen molar-refractivity contribution < 1.29 is 30.7 Å². The Bertz CT molecular complexity index is 1630. The molecule has 12 heteroatoms. The fourth-order valence-electron chi connectivity index (χ4n) is 4.01. The number of ether oxygens (including phenoxy) is 1. The van der Waals surface area contributed by atoms with Crippen molar-refractivity contribution in [3.8, 4) is 5.75 Å². The quantitative estimate of drug-likeness (QED) is 0.127. The fourth-order valence-corrected chi connectivity index (χ4v) is 6.22. The number of rotatable bonds is 13. The van der Waals surface area contributed by atoms with Crippen LogP contribution >= 0.6 is 11.8 Å². The number of nitrogens with zero attached hydrogens (tertiary/aromatic N) is 2. The monoisotopic (exact) mass is 606 g/mol. The molecule has 0 unspecified atom stereocenters. The highest BCUT2D eigenvalue weighted by Gasteiger charge is 2.30. The van der Waals surface area contributed by atoms with E-state index < -0.39 is 27.2 Å². The Hall–Kier alpha value is -3.35. The average Bonchev–Trinajstić information content (AvgIpc) is 2.93. The number of halogens is 3. The molecule has 0 saturated heterocycles. The highest BCUT2D eigenvalue weighted by molar-refractivity contribution is 7.99. The van der Waals surface area contributed by atoms with E-state index in [1.54, 1.807) is 42.1 Å². The van der Waals surface area contributed by atoms with Crippen LogP contribution in [0.4, 0.5) is 13.2 Å². The molecule has 0 aliphatic rings. The lowest BCUT2D eigenvalue weighted by atomic mass is 10.1. The van der Waals surface area contributed by atoms with Crippen LogP contribution in [0.15, 0.2) is 87.2 Å². The Kier molecular flexibility index (Phi) is 10.1. The average molecular weight is 607 g/mol. The van der Waals surface area contributed by atoms with Crippen LogP contribution in [0.5, 0.6) is 5.75 Å². The zero-order chi connectivity index (χ0) is 29.5. The maximum absolute atomic E-state index is 13.0. The predicted octanol–water partition coefficient (Wildman–Crippen LogP) is 6.51. The van der Waals surface area contributed by atoms with Crippen LogP contribution in [0.25, 0.3) is 10.9 Å². The summed E-state index contributed by atoms with van der Waals surface area (Å²) in [4.78, 5) is 17.4. The van der Waals surface area contributed by atoms with Gasteiger partial charge in [-0.15, -0.1) is 11.8 Å². The van der Waals surface area contributed by atoms with E-state index in [2.05, 4.69) is 4.98 Å². The second-order valence-electron chi connectivity index (χ2n) is 9.37. The lowest BCUT2D eigenvalue weighted by molar-refractivity contribution is -0.137. The molecule has 0 bridgehead atoms. The second-order valence-corrected chi connectivity index (χ2v) is 12.6. The van der Waals surface area contributed by atoms with Gasteiger partial charge in [0.25, 0.3) is 0 Å². The van der Waals surface area contributed by atoms with Crippen molar-refractivity contribution in [3.63, 3.8) is 0 Å². The third-order valence-electron chi connectivity index (χ3n) is 6.23. The molecule has 4 rings (SSSR count). The van der Waals surface area contributed by atoms with E-state index in [9.17, 15) is 26.4 Å². The van der Waals surface area contributed by atoms with E-state index in [1.807, 2.05) is 6.07 Å². The first-order chi connectivity index (χ1) is 19.5. The summed E-state index contributed by atoms with van der Waals surface area (Å²) in [7, 11) is -2.17. The first kappa shape index (κ1) is 30.6. The maximum Gasteiger partial charge on any atom is 0.416 e. The molecule has 0 aliphatic heterocycles. The van der Waals surface area contributed by atoms with Gasteiger partial charge in [0.05, 0.1) is 30.0 Å². The Labute approximate surface area is 240 Å². The summed E-state index contributed by atoms with van der Waals surface area (Å²) in [5.41, 5.74) is -0.142. The fraction of sp³-hybridized carbons (Fsp3) is 0.310. The standard InChI is InChI=1S/C29H29F3N2O5S2/c1-34(41(36,37)20-21-8-4-2-5-9-21)18-23-17-26(35)27(19-39-23)38-14-6-3-7-15-40-28-12-13-33-25-16-22(29(30,31)32)10-11-24(25)28/h2,4-5,8-13,16-17,19H,3,6-7,14-15,18,20H2,1H3. The van der Waals surface area contributed by atoms with Gasteiger partial charge in [-0.25, -0.2) is 8.42 Å². The molecule has 0 spiro atoms. The van der Waals surface area contributed by atoms with Gasteiger partial charge in [-0.2, -0.15) is 17.5 Å². The third-order valence-corrected chi connectivity index (χ3v) is 9.17. The number of pyridine rings is 1. The van der Waals surface area contributed by atoms with E-state index in [1.165, 1.54) is 31.6 Å². The molecule has 2 aromatic heterocycles. The number of unbranched alkanes of at least 4 members (excludes halogenated alkanes) is 2. The van der Waals surface area contributed by atoms with Gasteiger partial charge in [-0.05, 0) is 48.8 Å². The van der Waals surface area contributed by atoms with Crippen LogP contribution in [-0.4, -0.2) is 37.1 Å². The van der Waals surface area contributed by atoms with Crippen LogP contribution in [0.2, 0.25) is 0 Å². The summed E-state index contributed by atoms with van der Waals surface area (Å²) in [6, 6.07) is 15.4. The predicted molar refractivity (Wildman–Crippen MR) is 152 cm³/mol. The Morgan fingerprint density at radius 2 is 1.80 bits per heavy atom. The molecule has 0 saturated carbocycles. The topological polar surface area (TPSA) is 89.7 Å². The van der Waals surface area contributed by atoms with Crippen LogP contribution in [0.3, 0.4) is 0 Å². The summed E-state index contributed by atoms with van der Waals surface area (Å²) >= 11 is 1.55. The van der Waals surface area contributed by atoms with Gasteiger partial charge in [0.2, 0.25) is 21.2 Å². The zero-order valence-corrected chi connectivity index (χ0v) is 23.9. The largest absolute Gasteiger partial charge is 0.487 e. The van der Waals surface area contributed by atoms with Gasteiger partial charge in [-0.1, -0.05) is 36.4 Å². The van der Waals surface area contributed by atoms with Crippen molar-refractivity contribution in [3.05, 3.63) is 100 Å². The molecule has 0 atom stereocenters. The normalized spacial score (nSPS) is 12.2. The number of hydrogen-bond donors (Lipinski definition) is 0. The highest BCUT2D eigenvalue weighted by Crippen LogP contribution is 2.34. The number of sulfonamides is 1. The molecule has 2 aromatic carbocycles. The summed E-state index contributed by atoms with van der Waals surface area (Å²) in [5, 5.41) is 0.684. The van der Waals surface area contributed by atoms with Crippen molar-refractivity contribution in [2.45, 2.75) is 42.6 Å². The smallest absolute Gasteiger partial charge is 0.416 e. The van der Waals surface area contributed by atoms with Crippen molar-refractivity contribution in [2.24, 2.45) is 0 Å². The molecule has 0 N–H and O–H groups in total. The minimum Gasteiger partial charge on any atom is -0.487 e. The molecule has 0 amide bonds. The van der Waals surface area contributed by atoms with Crippen LogP contribution < -0.4 is 10.2 Å². The molecular weight excluding hydrogens is 577 g/mol. The lowest BCUT2D eigenvalue weighted by Gasteiger charge is -2.16. The number of alkyl halides is 3. The molecule has 0 fully saturated rings. The van der Waals surface area contributed by atoms with Gasteiger partial charge in [0.15, 0.2) is 0 Å². The van der Waals surface area contributed by atoms with Crippen LogP contribution in [-0.2, 0) is 28.5 Å². The molecule has 0 aliphatic carbocycles. The molecule has 4 aromatic rings. The Morgan fingerprint density at radius 1 is 1.02 bits per heavy atom. The third kappa shape index (κ3) is 8.57. The summed E-state index contributed by atoms with van der Waals surface area (Å²) in [6.45, 7) is 0.219. The molecule has 7 nitrogen and oxygen atoms in total. The number of hydrogen-bond acceptors (Lipinski definition) is 7. The van der Waals surface area contributed by atoms with E-state index in [4.69, 9.17) is 9.15 Å². The van der Waals surface area contributed by atoms with E-state index in [0.29, 0.717) is 29.5 Å². The maximum atomic E-state index is 13.0. The summed E-state index contributed by atoms with van der Waals surface area (Å²) < 4.78 is 76.3. The van der Waals surface area contributed by atoms with Gasteiger partial charge in [-0.3, -0.25) is 9.78 Å². The number of benzene rings is 2. The first-order valence-electron chi connectivity index (χ1n) is 12.8. The van der Waals surface area contributed by atoms with Crippen molar-refractivity contribution in [2.75, 3.05) is 19.4 Å². The Morgan fingerprint density at radius 3 is 2.54 bits per heavy atom. The number of aromatic nitrogens is 1. The van der Waals surface area contributed by atoms with Crippen LogP contribution in [0.1, 0.15) is 36.1 Å². The lowest BCUT2D eigenvalue weighted by Crippen LogP contribution is -2.28. The SMILES string of the molecule is CN(Cc1cc(=O)c(OCCCCCSc2ccnc3cc(C(F)(F)F)ccc23)co1)S(=O)(=O)Cc1ccccc1. The zero-order valence-electron chi connectivity index (χ0n) is 22.3. The number of thioether (sulfide) groups is 1. The van der Waals surface area contributed by atoms with Crippen molar-refractivity contribution in [1.82, 2.24) is 9.29 Å². The van der Waals surface area contributed by atoms with Crippen LogP contribution in [0, 0.1) is 0 Å². The summed E-state index contributed by atoms with van der Waals surface area (Å²) in [5.74, 6) is 0.865. The molecule has 2 heterocycles. The van der Waals surface area contributed by atoms with Gasteiger partial charge in [0, 0.05) is 29.6 Å². The molecular formula is C29H29F3N2O5S2. The van der Waals surface area contributed by atoms with E-state index in [-0.39, 0.29) is 23.8 Å². The van der Waals surface area contributed by atoms with Crippen molar-refractivity contribution in [1.29, 1.82) is 0 Å². The number of fused-ring (bicyclic) bond motifs is 1. The first-order valence-corrected chi connectivity index (χ1v) is 15.4. The molecule has 41 heavy (non-hydrogen) atoms. The van der Waals surface area contributed by atoms with Gasteiger partial charge in [0.1, 0.15) is 12.0 Å². The summed E-state index contributed by atoms with van der Waals surface area (Å²) in [6.07, 6.45) is 0.652. The van der Waals surface area contributed by atoms with E-state index in [0.717, 1.165) is 39.9 Å². The minimum atomic E-state index is -4.41. The van der Waals surface area contributed by atoms with Gasteiger partial charge < -0.3 is 9.15 Å². The van der Waals surface area contributed by atoms with E-state index >= 15 is 0 Å². The molecule has 218 valence electrons. The molecule has 0 radical (unpaired) electrons. The van der Waals surface area contributed by atoms with Crippen molar-refractivity contribution >= 4 is 32.7 Å². The highest BCUT2D eigenvalue weighted by atomic mass is 32.2.